The standard InChI is InChI=1S/C17H21N5O.2ClH/c18-17-12-6-2-1-5-11(12)9-14(17)19-16(23)10-22-15-8-4-3-7-13(15)20-21-22;;/h1-2,5-6,14,17H,3-4,7-10,18H2,(H,19,23);2*1H/t14-,17-;;/m1../s1. The summed E-state index contributed by atoms with van der Waals surface area (Å²) in [6, 6.07) is 7.94. The SMILES string of the molecule is Cl.Cl.N[C@@H]1c2ccccc2C[C@H]1NC(=O)Cn1nnc2c1CCCC2. The molecule has 0 aliphatic heterocycles. The Bertz CT molecular complexity index is 748. The average molecular weight is 384 g/mol. The van der Waals surface area contributed by atoms with E-state index in [0.717, 1.165) is 49.1 Å². The van der Waals surface area contributed by atoms with Crippen LogP contribution >= 0.6 is 24.8 Å². The largest absolute Gasteiger partial charge is 0.350 e. The molecule has 1 aromatic heterocycles. The lowest BCUT2D eigenvalue weighted by Gasteiger charge is -2.18. The Labute approximate surface area is 159 Å². The van der Waals surface area contributed by atoms with Crippen molar-refractivity contribution in [3.05, 3.63) is 46.8 Å². The zero-order valence-electron chi connectivity index (χ0n) is 13.9. The number of hydrogen-bond donors (Lipinski definition) is 2. The summed E-state index contributed by atoms with van der Waals surface area (Å²) in [4.78, 5) is 12.4. The van der Waals surface area contributed by atoms with Gasteiger partial charge in [0, 0.05) is 0 Å². The van der Waals surface area contributed by atoms with Gasteiger partial charge < -0.3 is 11.1 Å². The molecule has 0 bridgehead atoms. The van der Waals surface area contributed by atoms with Crippen LogP contribution in [-0.4, -0.2) is 26.9 Å². The van der Waals surface area contributed by atoms with E-state index < -0.39 is 0 Å². The van der Waals surface area contributed by atoms with E-state index in [1.54, 1.807) is 4.68 Å². The Balaban J connectivity index is 0.00000113. The van der Waals surface area contributed by atoms with Crippen LogP contribution in [0.2, 0.25) is 0 Å². The molecular formula is C17H23Cl2N5O. The lowest BCUT2D eigenvalue weighted by atomic mass is 10.0. The van der Waals surface area contributed by atoms with E-state index in [1.807, 2.05) is 18.2 Å². The van der Waals surface area contributed by atoms with Crippen LogP contribution in [0.15, 0.2) is 24.3 Å². The monoisotopic (exact) mass is 383 g/mol. The second kappa shape index (κ2) is 8.17. The summed E-state index contributed by atoms with van der Waals surface area (Å²) < 4.78 is 1.75. The molecule has 8 heteroatoms. The number of nitrogens with one attached hydrogen (secondary N) is 1. The molecule has 3 N–H and O–H groups in total. The number of rotatable bonds is 3. The van der Waals surface area contributed by atoms with Crippen LogP contribution in [0.25, 0.3) is 0 Å². The van der Waals surface area contributed by atoms with Crippen molar-refractivity contribution in [3.8, 4) is 0 Å². The summed E-state index contributed by atoms with van der Waals surface area (Å²) in [5, 5.41) is 11.4. The zero-order valence-corrected chi connectivity index (χ0v) is 15.5. The van der Waals surface area contributed by atoms with Gasteiger partial charge in [0.2, 0.25) is 5.91 Å². The van der Waals surface area contributed by atoms with Gasteiger partial charge in [0.25, 0.3) is 0 Å². The van der Waals surface area contributed by atoms with Crippen molar-refractivity contribution in [2.24, 2.45) is 5.73 Å². The first-order chi connectivity index (χ1) is 11.2. The highest BCUT2D eigenvalue weighted by molar-refractivity contribution is 5.85. The van der Waals surface area contributed by atoms with Gasteiger partial charge in [-0.05, 0) is 43.2 Å². The molecule has 2 aromatic rings. The second-order valence-corrected chi connectivity index (χ2v) is 6.45. The quantitative estimate of drug-likeness (QED) is 0.844. The van der Waals surface area contributed by atoms with Crippen LogP contribution in [0.4, 0.5) is 0 Å². The van der Waals surface area contributed by atoms with E-state index in [1.165, 1.54) is 5.56 Å². The number of aryl methyl sites for hydroxylation is 1. The van der Waals surface area contributed by atoms with Crippen LogP contribution in [-0.2, 0) is 30.6 Å². The number of fused-ring (bicyclic) bond motifs is 2. The number of hydrogen-bond acceptors (Lipinski definition) is 4. The van der Waals surface area contributed by atoms with Gasteiger partial charge in [-0.2, -0.15) is 0 Å². The van der Waals surface area contributed by atoms with E-state index in [-0.39, 0.29) is 49.3 Å². The molecule has 0 fully saturated rings. The Morgan fingerprint density at radius 1 is 1.24 bits per heavy atom. The van der Waals surface area contributed by atoms with Crippen LogP contribution < -0.4 is 11.1 Å². The third kappa shape index (κ3) is 3.81. The fourth-order valence-electron chi connectivity index (χ4n) is 3.70. The molecule has 4 rings (SSSR count). The normalized spacial score (nSPS) is 20.7. The maximum Gasteiger partial charge on any atom is 0.242 e. The molecule has 1 amide bonds. The Hall–Kier alpha value is -1.63. The number of nitrogens with two attached hydrogens (primary N) is 1. The Morgan fingerprint density at radius 2 is 2.00 bits per heavy atom. The van der Waals surface area contributed by atoms with Gasteiger partial charge in [-0.3, -0.25) is 4.79 Å². The third-order valence-electron chi connectivity index (χ3n) is 4.92. The van der Waals surface area contributed by atoms with Crippen molar-refractivity contribution in [1.29, 1.82) is 0 Å². The van der Waals surface area contributed by atoms with E-state index in [9.17, 15) is 4.79 Å². The summed E-state index contributed by atoms with van der Waals surface area (Å²) in [7, 11) is 0. The van der Waals surface area contributed by atoms with Gasteiger partial charge >= 0.3 is 0 Å². The molecule has 136 valence electrons. The Morgan fingerprint density at radius 3 is 2.80 bits per heavy atom. The zero-order chi connectivity index (χ0) is 15.8. The van der Waals surface area contributed by atoms with Crippen molar-refractivity contribution in [3.63, 3.8) is 0 Å². The molecule has 2 aliphatic carbocycles. The minimum Gasteiger partial charge on any atom is -0.350 e. The van der Waals surface area contributed by atoms with Crippen molar-refractivity contribution in [2.45, 2.75) is 50.7 Å². The number of aromatic nitrogens is 3. The number of nitrogens with zero attached hydrogens (tertiary/aromatic N) is 3. The van der Waals surface area contributed by atoms with Gasteiger partial charge in [0.05, 0.1) is 23.5 Å². The van der Waals surface area contributed by atoms with E-state index in [2.05, 4.69) is 21.7 Å². The summed E-state index contributed by atoms with van der Waals surface area (Å²) in [6.45, 7) is 0.224. The molecule has 2 atom stereocenters. The molecule has 25 heavy (non-hydrogen) atoms. The molecule has 0 saturated heterocycles. The highest BCUT2D eigenvalue weighted by atomic mass is 35.5. The van der Waals surface area contributed by atoms with Crippen LogP contribution in [0, 0.1) is 0 Å². The lowest BCUT2D eigenvalue weighted by Crippen LogP contribution is -2.42. The smallest absolute Gasteiger partial charge is 0.242 e. The summed E-state index contributed by atoms with van der Waals surface area (Å²) in [6.07, 6.45) is 5.03. The van der Waals surface area contributed by atoms with Crippen molar-refractivity contribution in [1.82, 2.24) is 20.3 Å². The van der Waals surface area contributed by atoms with E-state index in [4.69, 9.17) is 5.73 Å². The summed E-state index contributed by atoms with van der Waals surface area (Å²) in [5.74, 6) is -0.0449. The molecular weight excluding hydrogens is 361 g/mol. The molecule has 2 aliphatic rings. The molecule has 0 radical (unpaired) electrons. The van der Waals surface area contributed by atoms with Crippen LogP contribution in [0.1, 0.15) is 41.4 Å². The van der Waals surface area contributed by atoms with Crippen LogP contribution in [0.5, 0.6) is 0 Å². The molecule has 0 saturated carbocycles. The lowest BCUT2D eigenvalue weighted by molar-refractivity contribution is -0.122. The molecule has 1 aromatic carbocycles. The second-order valence-electron chi connectivity index (χ2n) is 6.45. The maximum absolute atomic E-state index is 12.4. The third-order valence-corrected chi connectivity index (χ3v) is 4.92. The highest BCUT2D eigenvalue weighted by Gasteiger charge is 2.30. The topological polar surface area (TPSA) is 85.8 Å². The highest BCUT2D eigenvalue weighted by Crippen LogP contribution is 2.29. The minimum absolute atomic E-state index is 0. The molecule has 1 heterocycles. The number of benzene rings is 1. The first kappa shape index (κ1) is 19.7. The molecule has 0 spiro atoms. The predicted octanol–water partition coefficient (Wildman–Crippen LogP) is 1.74. The average Bonchev–Trinajstić information content (AvgIpc) is 3.10. The van der Waals surface area contributed by atoms with Gasteiger partial charge in [0.15, 0.2) is 0 Å². The summed E-state index contributed by atoms with van der Waals surface area (Å²) in [5.41, 5.74) is 10.8. The number of amides is 1. The molecule has 6 nitrogen and oxygen atoms in total. The molecule has 0 unspecified atom stereocenters. The van der Waals surface area contributed by atoms with Gasteiger partial charge in [0.1, 0.15) is 6.54 Å². The fraction of sp³-hybridized carbons (Fsp3) is 0.471. The number of carbonyl (C=O) groups is 1. The van der Waals surface area contributed by atoms with Gasteiger partial charge in [-0.15, -0.1) is 29.9 Å². The maximum atomic E-state index is 12.4. The number of halogens is 2. The van der Waals surface area contributed by atoms with Gasteiger partial charge in [-0.1, -0.05) is 29.5 Å². The van der Waals surface area contributed by atoms with Gasteiger partial charge in [-0.25, -0.2) is 4.68 Å². The van der Waals surface area contributed by atoms with Crippen LogP contribution in [0.3, 0.4) is 0 Å². The first-order valence-electron chi connectivity index (χ1n) is 8.26. The Kier molecular flexibility index (Phi) is 6.43. The predicted molar refractivity (Wildman–Crippen MR) is 100 cm³/mol. The first-order valence-corrected chi connectivity index (χ1v) is 8.26. The van der Waals surface area contributed by atoms with Crippen molar-refractivity contribution < 1.29 is 4.79 Å². The van der Waals surface area contributed by atoms with Crippen molar-refractivity contribution >= 4 is 30.7 Å². The van der Waals surface area contributed by atoms with E-state index >= 15 is 0 Å². The number of carbonyl (C=O) groups excluding carboxylic acids is 1. The van der Waals surface area contributed by atoms with Crippen molar-refractivity contribution in [2.75, 3.05) is 0 Å². The fourth-order valence-corrected chi connectivity index (χ4v) is 3.70. The minimum atomic E-state index is -0.139. The summed E-state index contributed by atoms with van der Waals surface area (Å²) >= 11 is 0. The van der Waals surface area contributed by atoms with E-state index in [0.29, 0.717) is 0 Å².